The molecule has 174 valence electrons. The van der Waals surface area contributed by atoms with Crippen LogP contribution in [-0.2, 0) is 14.8 Å². The van der Waals surface area contributed by atoms with Crippen molar-refractivity contribution in [3.8, 4) is 28.3 Å². The number of aromatic nitrogens is 4. The Hall–Kier alpha value is -4.32. The number of H-pyrrole nitrogens is 1. The Kier molecular flexibility index (Phi) is 6.23. The summed E-state index contributed by atoms with van der Waals surface area (Å²) in [4.78, 5) is 11.7. The quantitative estimate of drug-likeness (QED) is 0.382. The second kappa shape index (κ2) is 9.27. The van der Waals surface area contributed by atoms with Crippen molar-refractivity contribution in [1.29, 1.82) is 0 Å². The van der Waals surface area contributed by atoms with Gasteiger partial charge in [-0.2, -0.15) is 5.21 Å². The largest absolute Gasteiger partial charge is 0.495 e. The third kappa shape index (κ3) is 4.57. The van der Waals surface area contributed by atoms with Crippen LogP contribution in [0.15, 0.2) is 65.6 Å². The molecule has 3 aromatic carbocycles. The number of rotatable bonds is 7. The zero-order valence-electron chi connectivity index (χ0n) is 17.9. The standard InChI is InChI=1S/C22H18FN5O5S/c1-32-19-9-7-15(22(29)33-2)12-20(19)34(30,31)26-18-11-14(21-24-27-28-25-21)6-8-17(18)13-4-3-5-16(23)10-13/h3-12,26H,1-2H3,(H,24,25,27,28). The minimum atomic E-state index is -4.29. The molecular weight excluding hydrogens is 465 g/mol. The van der Waals surface area contributed by atoms with Crippen LogP contribution in [0.2, 0.25) is 0 Å². The van der Waals surface area contributed by atoms with Crippen molar-refractivity contribution in [3.63, 3.8) is 0 Å². The summed E-state index contributed by atoms with van der Waals surface area (Å²) in [6, 6.07) is 14.4. The Morgan fingerprint density at radius 3 is 2.53 bits per heavy atom. The lowest BCUT2D eigenvalue weighted by atomic mass is 10.0. The number of nitrogens with one attached hydrogen (secondary N) is 2. The zero-order valence-corrected chi connectivity index (χ0v) is 18.8. The monoisotopic (exact) mass is 483 g/mol. The molecule has 0 unspecified atom stereocenters. The van der Waals surface area contributed by atoms with Gasteiger partial charge in [0.1, 0.15) is 16.5 Å². The predicted molar refractivity (Wildman–Crippen MR) is 120 cm³/mol. The number of hydrogen-bond acceptors (Lipinski definition) is 8. The van der Waals surface area contributed by atoms with Crippen LogP contribution < -0.4 is 9.46 Å². The normalized spacial score (nSPS) is 11.1. The molecule has 1 aromatic heterocycles. The Morgan fingerprint density at radius 1 is 1.03 bits per heavy atom. The van der Waals surface area contributed by atoms with E-state index in [0.29, 0.717) is 16.7 Å². The fourth-order valence-electron chi connectivity index (χ4n) is 3.29. The number of hydrogen-bond donors (Lipinski definition) is 2. The summed E-state index contributed by atoms with van der Waals surface area (Å²) in [6.45, 7) is 0. The van der Waals surface area contributed by atoms with Gasteiger partial charge in [0.05, 0.1) is 25.5 Å². The van der Waals surface area contributed by atoms with Crippen molar-refractivity contribution >= 4 is 21.7 Å². The predicted octanol–water partition coefficient (Wildman–Crippen LogP) is 3.27. The lowest BCUT2D eigenvalue weighted by Crippen LogP contribution is -2.16. The molecule has 0 amide bonds. The topological polar surface area (TPSA) is 136 Å². The summed E-state index contributed by atoms with van der Waals surface area (Å²) in [7, 11) is -1.79. The number of halogens is 1. The van der Waals surface area contributed by atoms with Gasteiger partial charge in [-0.3, -0.25) is 4.72 Å². The van der Waals surface area contributed by atoms with E-state index in [1.54, 1.807) is 18.2 Å². The average molecular weight is 483 g/mol. The zero-order chi connectivity index (χ0) is 24.3. The van der Waals surface area contributed by atoms with Crippen molar-refractivity contribution in [3.05, 3.63) is 72.0 Å². The summed E-state index contributed by atoms with van der Waals surface area (Å²) in [5, 5.41) is 13.7. The van der Waals surface area contributed by atoms with E-state index in [1.165, 1.54) is 50.6 Å². The summed E-state index contributed by atoms with van der Waals surface area (Å²) in [5.74, 6) is -0.946. The van der Waals surface area contributed by atoms with E-state index in [4.69, 9.17) is 4.74 Å². The van der Waals surface area contributed by atoms with Crippen LogP contribution in [0.5, 0.6) is 5.75 Å². The smallest absolute Gasteiger partial charge is 0.337 e. The Morgan fingerprint density at radius 2 is 1.85 bits per heavy atom. The summed E-state index contributed by atoms with van der Waals surface area (Å²) in [5.41, 5.74) is 1.45. The summed E-state index contributed by atoms with van der Waals surface area (Å²) >= 11 is 0. The van der Waals surface area contributed by atoms with Crippen LogP contribution in [0.1, 0.15) is 10.4 Å². The molecule has 0 bridgehead atoms. The number of sulfonamides is 1. The van der Waals surface area contributed by atoms with E-state index < -0.39 is 21.8 Å². The molecule has 0 aliphatic carbocycles. The van der Waals surface area contributed by atoms with Crippen molar-refractivity contribution in [1.82, 2.24) is 20.6 Å². The van der Waals surface area contributed by atoms with Crippen LogP contribution in [-0.4, -0.2) is 49.2 Å². The van der Waals surface area contributed by atoms with Gasteiger partial charge in [-0.05, 0) is 47.2 Å². The molecule has 10 nitrogen and oxygen atoms in total. The van der Waals surface area contributed by atoms with Gasteiger partial charge in [0.2, 0.25) is 5.82 Å². The van der Waals surface area contributed by atoms with Crippen LogP contribution in [0.25, 0.3) is 22.5 Å². The van der Waals surface area contributed by atoms with E-state index in [-0.39, 0.29) is 27.7 Å². The number of benzene rings is 3. The van der Waals surface area contributed by atoms with Crippen molar-refractivity contribution < 1.29 is 27.1 Å². The molecule has 34 heavy (non-hydrogen) atoms. The number of ether oxygens (including phenoxy) is 2. The van der Waals surface area contributed by atoms with E-state index in [2.05, 4.69) is 30.1 Å². The van der Waals surface area contributed by atoms with Gasteiger partial charge in [-0.1, -0.05) is 24.3 Å². The molecule has 4 aromatic rings. The maximum atomic E-state index is 13.9. The van der Waals surface area contributed by atoms with Gasteiger partial charge in [-0.15, -0.1) is 10.2 Å². The Labute approximate surface area is 193 Å². The van der Waals surface area contributed by atoms with Crippen LogP contribution in [0.4, 0.5) is 10.1 Å². The molecule has 1 heterocycles. The van der Waals surface area contributed by atoms with Crippen molar-refractivity contribution in [2.45, 2.75) is 4.90 Å². The number of methoxy groups -OCH3 is 2. The van der Waals surface area contributed by atoms with E-state index in [9.17, 15) is 17.6 Å². The molecule has 0 radical (unpaired) electrons. The molecule has 0 fully saturated rings. The second-order valence-electron chi connectivity index (χ2n) is 6.97. The fraction of sp³-hybridized carbons (Fsp3) is 0.0909. The number of aromatic amines is 1. The van der Waals surface area contributed by atoms with Gasteiger partial charge >= 0.3 is 5.97 Å². The van der Waals surface area contributed by atoms with Crippen molar-refractivity contribution in [2.24, 2.45) is 0 Å². The van der Waals surface area contributed by atoms with Crippen LogP contribution >= 0.6 is 0 Å². The third-order valence-corrected chi connectivity index (χ3v) is 6.26. The summed E-state index contributed by atoms with van der Waals surface area (Å²) in [6.07, 6.45) is 0. The van der Waals surface area contributed by atoms with Gasteiger partial charge in [0.15, 0.2) is 0 Å². The number of esters is 1. The van der Waals surface area contributed by atoms with E-state index in [1.807, 2.05) is 0 Å². The van der Waals surface area contributed by atoms with Crippen LogP contribution in [0.3, 0.4) is 0 Å². The minimum absolute atomic E-state index is 0.0155. The van der Waals surface area contributed by atoms with Gasteiger partial charge in [0.25, 0.3) is 10.0 Å². The first-order valence-corrected chi connectivity index (χ1v) is 11.2. The Bertz CT molecular complexity index is 1460. The Balaban J connectivity index is 1.85. The van der Waals surface area contributed by atoms with E-state index in [0.717, 1.165) is 6.07 Å². The molecular formula is C22H18FN5O5S. The SMILES string of the molecule is COC(=O)c1ccc(OC)c(S(=O)(=O)Nc2cc(-c3nn[nH]n3)ccc2-c2cccc(F)c2)c1. The highest BCUT2D eigenvalue weighted by atomic mass is 32.2. The highest BCUT2D eigenvalue weighted by molar-refractivity contribution is 7.92. The number of nitrogens with zero attached hydrogens (tertiary/aromatic N) is 3. The molecule has 0 saturated heterocycles. The molecule has 4 rings (SSSR count). The highest BCUT2D eigenvalue weighted by Crippen LogP contribution is 2.35. The van der Waals surface area contributed by atoms with Gasteiger partial charge < -0.3 is 9.47 Å². The van der Waals surface area contributed by atoms with Crippen LogP contribution in [0, 0.1) is 5.82 Å². The number of carbonyl (C=O) groups is 1. The van der Waals surface area contributed by atoms with E-state index >= 15 is 0 Å². The number of anilines is 1. The first-order chi connectivity index (χ1) is 16.3. The third-order valence-electron chi connectivity index (χ3n) is 4.88. The molecule has 0 saturated carbocycles. The number of tetrazole rings is 1. The lowest BCUT2D eigenvalue weighted by molar-refractivity contribution is 0.0600. The first kappa shape index (κ1) is 22.9. The molecule has 0 spiro atoms. The maximum Gasteiger partial charge on any atom is 0.337 e. The fourth-order valence-corrected chi connectivity index (χ4v) is 4.56. The van der Waals surface area contributed by atoms with Crippen molar-refractivity contribution in [2.75, 3.05) is 18.9 Å². The maximum absolute atomic E-state index is 13.9. The lowest BCUT2D eigenvalue weighted by Gasteiger charge is -2.16. The summed E-state index contributed by atoms with van der Waals surface area (Å²) < 4.78 is 53.2. The average Bonchev–Trinajstić information content (AvgIpc) is 3.38. The molecule has 12 heteroatoms. The number of carbonyl (C=O) groups excluding carboxylic acids is 1. The van der Waals surface area contributed by atoms with Gasteiger partial charge in [0, 0.05) is 11.1 Å². The molecule has 0 atom stereocenters. The first-order valence-electron chi connectivity index (χ1n) is 9.75. The minimum Gasteiger partial charge on any atom is -0.495 e. The molecule has 2 N–H and O–H groups in total. The molecule has 0 aliphatic heterocycles. The highest BCUT2D eigenvalue weighted by Gasteiger charge is 2.24. The van der Waals surface area contributed by atoms with Gasteiger partial charge in [-0.25, -0.2) is 17.6 Å². The second-order valence-corrected chi connectivity index (χ2v) is 8.62. The molecule has 0 aliphatic rings.